The van der Waals surface area contributed by atoms with Gasteiger partial charge in [-0.1, -0.05) is 468 Å². The van der Waals surface area contributed by atoms with Crippen molar-refractivity contribution in [3.05, 3.63) is 117 Å². The molecule has 6 aliphatic heterocycles. The van der Waals surface area contributed by atoms with E-state index in [4.69, 9.17) is 20.0 Å². The van der Waals surface area contributed by atoms with Crippen LogP contribution in [0.5, 0.6) is 0 Å². The average Bonchev–Trinajstić information content (AvgIpc) is 1.45. The van der Waals surface area contributed by atoms with Gasteiger partial charge in [0.2, 0.25) is 22.6 Å². The van der Waals surface area contributed by atoms with Crippen LogP contribution in [0.3, 0.4) is 0 Å². The second-order valence-corrected chi connectivity index (χ2v) is 43.9. The third-order valence-electron chi connectivity index (χ3n) is 33.9. The van der Waals surface area contributed by atoms with Crippen LogP contribution in [0.25, 0.3) is 16.3 Å². The highest BCUT2D eigenvalue weighted by Gasteiger charge is 2.71. The van der Waals surface area contributed by atoms with E-state index < -0.39 is 5.91 Å². The summed E-state index contributed by atoms with van der Waals surface area (Å²) in [6.45, 7) is 39.5. The molecule has 8 nitrogen and oxygen atoms in total. The van der Waals surface area contributed by atoms with Crippen LogP contribution in [-0.2, 0) is 50.9 Å². The number of unbranched alkanes of at least 4 members (excludes halogenated alkanes) is 55. The highest BCUT2D eigenvalue weighted by atomic mass is 15.7. The van der Waals surface area contributed by atoms with E-state index in [1.807, 2.05) is 5.57 Å². The number of nitrogens with zero attached hydrogens (tertiary/aromatic N) is 8. The molecule has 8 heteroatoms. The van der Waals surface area contributed by atoms with Gasteiger partial charge in [0.25, 0.3) is 23.3 Å². The Balaban J connectivity index is 1.21. The van der Waals surface area contributed by atoms with Gasteiger partial charge < -0.3 is 0 Å². The number of hydrogen-bond donors (Lipinski definition) is 0. The molecule has 0 saturated heterocycles. The monoisotopic (exact) mass is 1800 g/mol. The quantitative estimate of drug-likeness (QED) is 0.0275. The molecule has 0 saturated carbocycles. The summed E-state index contributed by atoms with van der Waals surface area (Å²) in [7, 11) is 0. The summed E-state index contributed by atoms with van der Waals surface area (Å²) < 4.78 is 11.6. The lowest BCUT2D eigenvalue weighted by atomic mass is 9.69. The number of aromatic nitrogens is 2. The Morgan fingerprint density at radius 2 is 0.553 bits per heavy atom. The Morgan fingerprint density at radius 3 is 0.970 bits per heavy atom. The fraction of sp³-hybridized carbons (Fsp3) is 0.758. The summed E-state index contributed by atoms with van der Waals surface area (Å²) in [5.41, 5.74) is 33.2. The average molecular weight is 1800 g/mol. The van der Waals surface area contributed by atoms with Crippen LogP contribution < -0.4 is 11.0 Å². The molecule has 3 aromatic carbocycles. The summed E-state index contributed by atoms with van der Waals surface area (Å²) in [6.07, 6.45) is 97.2. The lowest BCUT2D eigenvalue weighted by Crippen LogP contribution is -2.71. The molecule has 0 bridgehead atoms. The molecule has 734 valence electrons. The molecule has 2 unspecified atom stereocenters. The van der Waals surface area contributed by atoms with Gasteiger partial charge in [-0.3, -0.25) is 0 Å². The van der Waals surface area contributed by atoms with Gasteiger partial charge in [0.15, 0.2) is 0 Å². The van der Waals surface area contributed by atoms with E-state index in [0.29, 0.717) is 5.92 Å². The highest BCUT2D eigenvalue weighted by Crippen LogP contribution is 2.62. The van der Waals surface area contributed by atoms with Gasteiger partial charge in [0.05, 0.1) is 33.0 Å². The number of allylic oxidation sites excluding steroid dienone is 2. The van der Waals surface area contributed by atoms with Crippen molar-refractivity contribution in [2.24, 2.45) is 25.9 Å². The normalized spacial score (nSPS) is 16.5. The second-order valence-electron chi connectivity index (χ2n) is 43.9. The van der Waals surface area contributed by atoms with E-state index in [1.54, 1.807) is 44.5 Å². The maximum atomic E-state index is 6.97. The summed E-state index contributed by atoms with van der Waals surface area (Å²) in [4.78, 5) is 27.4. The minimum absolute atomic E-state index is 0.248. The lowest BCUT2D eigenvalue weighted by Gasteiger charge is -2.41. The third kappa shape index (κ3) is 24.3. The minimum atomic E-state index is -1.09. The molecule has 12 rings (SSSR count). The van der Waals surface area contributed by atoms with Gasteiger partial charge in [0, 0.05) is 11.1 Å². The summed E-state index contributed by atoms with van der Waals surface area (Å²) in [5.74, 6) is 6.62. The fourth-order valence-corrected chi connectivity index (χ4v) is 26.0. The lowest BCUT2D eigenvalue weighted by molar-refractivity contribution is -0.790. The smallest absolute Gasteiger partial charge is 0.192 e. The maximum Gasteiger partial charge on any atom is 0.404 e. The van der Waals surface area contributed by atoms with Gasteiger partial charge >= 0.3 is 5.91 Å². The number of amidine groups is 4. The molecule has 3 atom stereocenters. The van der Waals surface area contributed by atoms with Crippen LogP contribution in [0.15, 0.2) is 25.5 Å². The third-order valence-corrected chi connectivity index (χ3v) is 33.9. The number of rotatable bonds is 75. The van der Waals surface area contributed by atoms with Gasteiger partial charge in [-0.15, -0.1) is 9.15 Å². The molecule has 2 aromatic heterocycles. The second kappa shape index (κ2) is 55.3. The highest BCUT2D eigenvalue weighted by molar-refractivity contribution is 6.21. The molecule has 0 N–H and O–H groups in total. The van der Waals surface area contributed by atoms with E-state index in [9.17, 15) is 0 Å². The largest absolute Gasteiger partial charge is 0.404 e. The first-order valence-corrected chi connectivity index (χ1v) is 58.9. The topological polar surface area (TPSA) is 65.3 Å². The Labute approximate surface area is 811 Å². The number of hydrogen-bond acceptors (Lipinski definition) is 4. The van der Waals surface area contributed by atoms with Crippen molar-refractivity contribution >= 4 is 51.3 Å². The first-order valence-electron chi connectivity index (χ1n) is 58.9. The molecule has 1 spiro atoms. The first kappa shape index (κ1) is 105. The van der Waals surface area contributed by atoms with Crippen molar-refractivity contribution in [1.29, 1.82) is 0 Å². The van der Waals surface area contributed by atoms with Gasteiger partial charge in [-0.2, -0.15) is 9.13 Å². The van der Waals surface area contributed by atoms with Crippen molar-refractivity contribution in [3.8, 4) is 0 Å². The van der Waals surface area contributed by atoms with Crippen LogP contribution in [0.2, 0.25) is 0 Å². The zero-order valence-corrected chi connectivity index (χ0v) is 89.3. The van der Waals surface area contributed by atoms with E-state index in [1.165, 1.54) is 512 Å². The van der Waals surface area contributed by atoms with Crippen LogP contribution >= 0.6 is 0 Å². The van der Waals surface area contributed by atoms with Gasteiger partial charge in [-0.05, 0) is 234 Å². The molecule has 8 heterocycles. The minimum Gasteiger partial charge on any atom is -0.192 e. The summed E-state index contributed by atoms with van der Waals surface area (Å²) in [5, 5.41) is 2.79. The predicted octanol–water partition coefficient (Wildman–Crippen LogP) is 37.1. The van der Waals surface area contributed by atoms with Crippen molar-refractivity contribution in [1.82, 2.24) is 9.13 Å². The van der Waals surface area contributed by atoms with Crippen molar-refractivity contribution < 1.29 is 9.15 Å². The van der Waals surface area contributed by atoms with E-state index in [-0.39, 0.29) is 5.92 Å². The van der Waals surface area contributed by atoms with Crippen molar-refractivity contribution in [2.45, 2.75) is 604 Å². The molecule has 0 radical (unpaired) electrons. The van der Waals surface area contributed by atoms with Gasteiger partial charge in [-0.25, -0.2) is 0 Å². The Morgan fingerprint density at radius 1 is 0.242 bits per heavy atom. The van der Waals surface area contributed by atoms with Crippen LogP contribution in [0.1, 0.15) is 619 Å². The zero-order valence-electron chi connectivity index (χ0n) is 89.3. The standard InChI is InChI=1S/C124H200N8/c1-17-27-36-44-50-54-56-58-60-65-69-75-84-99-93(12)95(14)109-113(105(99)89-79-73-66-61-57-55-51-45-37-28-18-2)121-127-119-111-97(16)101(86-76-70-64-59-52-46-38-29-19-3)103(88-78-71-63-53-47-39-30-20-4)107(91-81-72-62-48-40-31-21-5)115(111)123-128-122-114-106(90-80-68-49-41-32-22-6)102(87-77-67-42-33-23-7)100(85-74-43-34-24-8)96(15)110(114)118-126-120-112-104(83-35-25-9)98(82-26-10)92(11)94(13)108(112)116-125-117(109)130(121)124(129(116)120,131(118)122)132(119)123/h96,100H,17-91H2,1-16H3/q+2/t96?,100?,124-/m0/s1. The SMILES string of the molecule is CCCCCCCCCCCCCCc1c(C)c(C)c2c3n4c(c2c1CCCCCCCCCCCCC)=NC1=[N+]2C(=Nc5c6c(c7n5[C@]42[N+]2=C(N=3)c3c(C)c(C)c(CCC)c(CCCC)c3C2=N7)C(C)C(CCCCCC)C(CCCCCCC)=C6CCCCCCCC)c2c(CCCCCCCCC)c(CCCCCCCCCC)c(CCCCCCCCCCC)c(C)c21. The van der Waals surface area contributed by atoms with Crippen LogP contribution in [0, 0.1) is 40.5 Å². The van der Waals surface area contributed by atoms with Crippen molar-refractivity contribution in [3.63, 3.8) is 0 Å². The molecular formula is C124H200N8+2. The molecule has 1 aliphatic carbocycles. The van der Waals surface area contributed by atoms with E-state index in [2.05, 4.69) is 129 Å². The number of aliphatic imine (C=N–C) groups is 2. The Kier molecular flexibility index (Phi) is 44.2. The maximum absolute atomic E-state index is 6.97. The van der Waals surface area contributed by atoms with Gasteiger partial charge in [0.1, 0.15) is 0 Å². The molecular weight excluding hydrogens is 1600 g/mol. The fourth-order valence-electron chi connectivity index (χ4n) is 26.0. The Hall–Kier alpha value is -5.50. The van der Waals surface area contributed by atoms with Crippen molar-refractivity contribution in [2.75, 3.05) is 0 Å². The number of benzene rings is 3. The predicted molar refractivity (Wildman–Crippen MR) is 575 cm³/mol. The molecule has 0 amide bonds. The molecule has 5 aromatic rings. The zero-order chi connectivity index (χ0) is 93.1. The Bertz CT molecular complexity index is 4770. The number of fused-ring (bicyclic) bond motifs is 12. The van der Waals surface area contributed by atoms with E-state index in [0.717, 1.165) is 87.8 Å². The van der Waals surface area contributed by atoms with E-state index >= 15 is 0 Å². The summed E-state index contributed by atoms with van der Waals surface area (Å²) >= 11 is 0. The summed E-state index contributed by atoms with van der Waals surface area (Å²) in [6, 6.07) is 0. The molecule has 0 fully saturated rings. The molecule has 7 aliphatic rings. The number of aryl methyl sites for hydroxylation is 2. The molecule has 132 heavy (non-hydrogen) atoms. The first-order chi connectivity index (χ1) is 64.9. The van der Waals surface area contributed by atoms with Crippen LogP contribution in [0.4, 0.5) is 11.6 Å². The van der Waals surface area contributed by atoms with Crippen LogP contribution in [-0.4, -0.2) is 41.6 Å².